The van der Waals surface area contributed by atoms with Gasteiger partial charge in [0.25, 0.3) is 5.91 Å². The summed E-state index contributed by atoms with van der Waals surface area (Å²) in [5, 5.41) is 3.29. The van der Waals surface area contributed by atoms with E-state index in [1.165, 1.54) is 5.56 Å². The highest BCUT2D eigenvalue weighted by Crippen LogP contribution is 2.41. The van der Waals surface area contributed by atoms with Gasteiger partial charge in [0, 0.05) is 37.0 Å². The smallest absolute Gasteiger partial charge is 0.262 e. The molecule has 0 unspecified atom stereocenters. The average molecular weight is 437 g/mol. The molecule has 5 nitrogen and oxygen atoms in total. The molecule has 0 aliphatic carbocycles. The Hall–Kier alpha value is -2.44. The minimum Gasteiger partial charge on any atom is -0.493 e. The van der Waals surface area contributed by atoms with Gasteiger partial charge in [-0.1, -0.05) is 32.0 Å². The second-order valence-electron chi connectivity index (χ2n) is 8.67. The number of fused-ring (bicyclic) bond motifs is 2. The van der Waals surface area contributed by atoms with Crippen molar-refractivity contribution >= 4 is 27.5 Å². The molecule has 2 aliphatic rings. The standard InChI is InChI=1S/C25H28N2O3S/c1-15(2)21-22-23(17(7-11-26-22)16-8-12-29-13-9-16)31-24(21)25(28)27-19-10-14-30-20-6-4-3-5-18(19)20/h3-7,11,15-16,19H,8-10,12-14H2,1-2H3,(H,27,28)/t19-/m0/s1. The Morgan fingerprint density at radius 2 is 1.90 bits per heavy atom. The van der Waals surface area contributed by atoms with Gasteiger partial charge in [-0.15, -0.1) is 11.3 Å². The van der Waals surface area contributed by atoms with E-state index in [4.69, 9.17) is 14.5 Å². The quantitative estimate of drug-likeness (QED) is 0.581. The first kappa shape index (κ1) is 20.5. The Labute approximate surface area is 186 Å². The molecular weight excluding hydrogens is 408 g/mol. The molecule has 0 saturated carbocycles. The van der Waals surface area contributed by atoms with Crippen LogP contribution in [0.25, 0.3) is 10.2 Å². The highest BCUT2D eigenvalue weighted by molar-refractivity contribution is 7.21. The number of nitrogens with one attached hydrogen (secondary N) is 1. The number of carbonyl (C=O) groups is 1. The van der Waals surface area contributed by atoms with Crippen molar-refractivity contribution < 1.29 is 14.3 Å². The normalized spacial score (nSPS) is 19.3. The molecule has 0 radical (unpaired) electrons. The minimum atomic E-state index is -0.0365. The molecule has 1 aromatic carbocycles. The summed E-state index contributed by atoms with van der Waals surface area (Å²) in [4.78, 5) is 19.0. The van der Waals surface area contributed by atoms with E-state index < -0.39 is 0 Å². The first-order valence-corrected chi connectivity index (χ1v) is 12.0. The maximum Gasteiger partial charge on any atom is 0.262 e. The lowest BCUT2D eigenvalue weighted by Gasteiger charge is -2.26. The second kappa shape index (κ2) is 8.60. The van der Waals surface area contributed by atoms with Crippen LogP contribution in [0.5, 0.6) is 5.75 Å². The van der Waals surface area contributed by atoms with Crippen LogP contribution in [0.15, 0.2) is 36.5 Å². The van der Waals surface area contributed by atoms with Gasteiger partial charge in [-0.25, -0.2) is 0 Å². The van der Waals surface area contributed by atoms with Crippen molar-refractivity contribution in [2.45, 2.75) is 51.0 Å². The summed E-state index contributed by atoms with van der Waals surface area (Å²) in [6, 6.07) is 10.1. The molecule has 1 N–H and O–H groups in total. The predicted molar refractivity (Wildman–Crippen MR) is 123 cm³/mol. The number of benzene rings is 1. The average Bonchev–Trinajstić information content (AvgIpc) is 3.20. The van der Waals surface area contributed by atoms with Gasteiger partial charge in [-0.05, 0) is 42.4 Å². The third-order valence-corrected chi connectivity index (χ3v) is 7.59. The summed E-state index contributed by atoms with van der Waals surface area (Å²) in [5.74, 6) is 1.54. The molecule has 162 valence electrons. The van der Waals surface area contributed by atoms with Crippen molar-refractivity contribution in [3.05, 3.63) is 58.1 Å². The summed E-state index contributed by atoms with van der Waals surface area (Å²) >= 11 is 1.60. The van der Waals surface area contributed by atoms with E-state index in [2.05, 4.69) is 25.2 Å². The number of ether oxygens (including phenoxy) is 2. The van der Waals surface area contributed by atoms with Crippen molar-refractivity contribution in [1.29, 1.82) is 0 Å². The van der Waals surface area contributed by atoms with Gasteiger partial charge in [-0.3, -0.25) is 9.78 Å². The molecule has 1 fully saturated rings. The molecule has 5 rings (SSSR count). The molecule has 0 spiro atoms. The zero-order valence-electron chi connectivity index (χ0n) is 18.0. The highest BCUT2D eigenvalue weighted by Gasteiger charge is 2.29. The van der Waals surface area contributed by atoms with Crippen LogP contribution in [0.4, 0.5) is 0 Å². The summed E-state index contributed by atoms with van der Waals surface area (Å²) in [7, 11) is 0. The zero-order chi connectivity index (χ0) is 21.4. The van der Waals surface area contributed by atoms with E-state index in [1.54, 1.807) is 11.3 Å². The molecule has 2 aromatic heterocycles. The molecule has 2 aliphatic heterocycles. The fourth-order valence-corrected chi connectivity index (χ4v) is 6.19. The summed E-state index contributed by atoms with van der Waals surface area (Å²) in [5.41, 5.74) is 4.42. The molecule has 31 heavy (non-hydrogen) atoms. The summed E-state index contributed by atoms with van der Waals surface area (Å²) in [6.07, 6.45) is 4.72. The maximum absolute atomic E-state index is 13.5. The molecular formula is C25H28N2O3S. The first-order chi connectivity index (χ1) is 15.1. The highest BCUT2D eigenvalue weighted by atomic mass is 32.1. The topological polar surface area (TPSA) is 60.5 Å². The number of rotatable bonds is 4. The van der Waals surface area contributed by atoms with Gasteiger partial charge < -0.3 is 14.8 Å². The number of para-hydroxylation sites is 1. The van der Waals surface area contributed by atoms with Crippen molar-refractivity contribution in [2.24, 2.45) is 0 Å². The van der Waals surface area contributed by atoms with E-state index in [0.29, 0.717) is 12.5 Å². The van der Waals surface area contributed by atoms with Crippen LogP contribution in [-0.2, 0) is 4.74 Å². The van der Waals surface area contributed by atoms with Crippen LogP contribution in [0.1, 0.15) is 77.3 Å². The van der Waals surface area contributed by atoms with Crippen LogP contribution in [0, 0.1) is 0 Å². The predicted octanol–water partition coefficient (Wildman–Crippen LogP) is 5.57. The van der Waals surface area contributed by atoms with E-state index in [0.717, 1.165) is 64.4 Å². The number of hydrogen-bond donors (Lipinski definition) is 1. The summed E-state index contributed by atoms with van der Waals surface area (Å²) in [6.45, 7) is 6.50. The van der Waals surface area contributed by atoms with E-state index in [1.807, 2.05) is 30.5 Å². The van der Waals surface area contributed by atoms with E-state index in [9.17, 15) is 4.79 Å². The van der Waals surface area contributed by atoms with Crippen LogP contribution in [-0.4, -0.2) is 30.7 Å². The number of nitrogens with zero attached hydrogens (tertiary/aromatic N) is 1. The van der Waals surface area contributed by atoms with Gasteiger partial charge in [0.1, 0.15) is 5.75 Å². The second-order valence-corrected chi connectivity index (χ2v) is 9.69. The Balaban J connectivity index is 1.52. The van der Waals surface area contributed by atoms with Crippen LogP contribution in [0.3, 0.4) is 0 Å². The van der Waals surface area contributed by atoms with Gasteiger partial charge in [0.2, 0.25) is 0 Å². The Morgan fingerprint density at radius 3 is 2.71 bits per heavy atom. The number of thiophene rings is 1. The molecule has 0 bridgehead atoms. The lowest BCUT2D eigenvalue weighted by molar-refractivity contribution is 0.0856. The molecule has 3 aromatic rings. The van der Waals surface area contributed by atoms with E-state index in [-0.39, 0.29) is 17.9 Å². The van der Waals surface area contributed by atoms with Crippen molar-refractivity contribution in [1.82, 2.24) is 10.3 Å². The maximum atomic E-state index is 13.5. The third-order valence-electron chi connectivity index (χ3n) is 6.35. The zero-order valence-corrected chi connectivity index (χ0v) is 18.8. The lowest BCUT2D eigenvalue weighted by Crippen LogP contribution is -2.32. The van der Waals surface area contributed by atoms with Crippen molar-refractivity contribution in [2.75, 3.05) is 19.8 Å². The Bertz CT molecular complexity index is 1100. The van der Waals surface area contributed by atoms with Crippen LogP contribution < -0.4 is 10.1 Å². The van der Waals surface area contributed by atoms with Crippen LogP contribution >= 0.6 is 11.3 Å². The largest absolute Gasteiger partial charge is 0.493 e. The molecule has 1 amide bonds. The van der Waals surface area contributed by atoms with Gasteiger partial charge in [-0.2, -0.15) is 0 Å². The molecule has 4 heterocycles. The lowest BCUT2D eigenvalue weighted by atomic mass is 9.91. The fraction of sp³-hybridized carbons (Fsp3) is 0.440. The fourth-order valence-electron chi connectivity index (χ4n) is 4.78. The molecule has 1 saturated heterocycles. The summed E-state index contributed by atoms with van der Waals surface area (Å²) < 4.78 is 12.5. The number of pyridine rings is 1. The van der Waals surface area contributed by atoms with Crippen LogP contribution in [0.2, 0.25) is 0 Å². The van der Waals surface area contributed by atoms with Crippen molar-refractivity contribution in [3.8, 4) is 5.75 Å². The monoisotopic (exact) mass is 436 g/mol. The number of aromatic nitrogens is 1. The van der Waals surface area contributed by atoms with Crippen molar-refractivity contribution in [3.63, 3.8) is 0 Å². The van der Waals surface area contributed by atoms with Gasteiger partial charge in [0.05, 0.1) is 27.7 Å². The first-order valence-electron chi connectivity index (χ1n) is 11.1. The van der Waals surface area contributed by atoms with E-state index >= 15 is 0 Å². The minimum absolute atomic E-state index is 0.00803. The van der Waals surface area contributed by atoms with Gasteiger partial charge >= 0.3 is 0 Å². The molecule has 6 heteroatoms. The Morgan fingerprint density at radius 1 is 1.10 bits per heavy atom. The number of carbonyl (C=O) groups excluding carboxylic acids is 1. The molecule has 1 atom stereocenters. The number of hydrogen-bond acceptors (Lipinski definition) is 5. The third kappa shape index (κ3) is 3.83. The number of amides is 1. The SMILES string of the molecule is CC(C)c1c(C(=O)N[C@H]2CCOc3ccccc32)sc2c(C3CCOCC3)ccnc12. The van der Waals surface area contributed by atoms with Gasteiger partial charge in [0.15, 0.2) is 0 Å². The Kier molecular flexibility index (Phi) is 5.67.